The third kappa shape index (κ3) is 9.22. The summed E-state index contributed by atoms with van der Waals surface area (Å²) in [6.07, 6.45) is 12.7. The van der Waals surface area contributed by atoms with Gasteiger partial charge in [0.15, 0.2) is 0 Å². The van der Waals surface area contributed by atoms with Crippen LogP contribution in [-0.4, -0.2) is 22.6 Å². The van der Waals surface area contributed by atoms with Crippen molar-refractivity contribution in [2.24, 2.45) is 0 Å². The molecule has 1 aromatic carbocycles. The second-order valence-corrected chi connectivity index (χ2v) is 6.66. The predicted molar refractivity (Wildman–Crippen MR) is 107 cm³/mol. The van der Waals surface area contributed by atoms with Gasteiger partial charge in [-0.3, -0.25) is 10.1 Å². The van der Waals surface area contributed by atoms with Gasteiger partial charge in [0.1, 0.15) is 5.57 Å². The highest BCUT2D eigenvalue weighted by Gasteiger charge is 2.15. The smallest absolute Gasteiger partial charge is 0.341 e. The standard InChI is InChI=1S/C21H31NO5/c1-2-3-4-5-6-7-8-9-10-11-16-27-21(24)20(17-23)18-12-14-19(15-13-18)22(25)26/h12-15,17,23H,2-11,16H2,1H3. The average Bonchev–Trinajstić information content (AvgIpc) is 2.67. The molecule has 27 heavy (non-hydrogen) atoms. The Morgan fingerprint density at radius 2 is 1.52 bits per heavy atom. The average molecular weight is 377 g/mol. The highest BCUT2D eigenvalue weighted by atomic mass is 16.6. The number of aliphatic hydroxyl groups is 1. The summed E-state index contributed by atoms with van der Waals surface area (Å²) in [5.41, 5.74) is 0.308. The first-order chi connectivity index (χ1) is 13.1. The minimum absolute atomic E-state index is 0.00280. The third-order valence-corrected chi connectivity index (χ3v) is 4.47. The molecule has 0 fully saturated rings. The van der Waals surface area contributed by atoms with Crippen molar-refractivity contribution in [1.82, 2.24) is 0 Å². The van der Waals surface area contributed by atoms with Crippen LogP contribution < -0.4 is 0 Å². The quantitative estimate of drug-likeness (QED) is 0.108. The number of nitro benzene ring substituents is 1. The second kappa shape index (κ2) is 13.8. The van der Waals surface area contributed by atoms with Crippen LogP contribution in [0.25, 0.3) is 5.57 Å². The van der Waals surface area contributed by atoms with Crippen molar-refractivity contribution in [2.75, 3.05) is 6.61 Å². The molecule has 0 aromatic heterocycles. The van der Waals surface area contributed by atoms with Gasteiger partial charge >= 0.3 is 5.97 Å². The number of esters is 1. The van der Waals surface area contributed by atoms with Gasteiger partial charge in [0.05, 0.1) is 17.8 Å². The molecule has 0 amide bonds. The first kappa shape index (κ1) is 22.7. The van der Waals surface area contributed by atoms with Gasteiger partial charge in [-0.05, 0) is 24.1 Å². The van der Waals surface area contributed by atoms with E-state index in [-0.39, 0.29) is 11.3 Å². The van der Waals surface area contributed by atoms with Crippen LogP contribution in [-0.2, 0) is 9.53 Å². The maximum absolute atomic E-state index is 12.1. The molecule has 1 N–H and O–H groups in total. The lowest BCUT2D eigenvalue weighted by Crippen LogP contribution is -2.08. The molecular weight excluding hydrogens is 346 g/mol. The summed E-state index contributed by atoms with van der Waals surface area (Å²) in [4.78, 5) is 22.2. The molecule has 0 aliphatic rings. The van der Waals surface area contributed by atoms with Gasteiger partial charge in [-0.2, -0.15) is 0 Å². The van der Waals surface area contributed by atoms with Gasteiger partial charge in [0.2, 0.25) is 0 Å². The minimum Gasteiger partial charge on any atom is -0.515 e. The molecule has 0 radical (unpaired) electrons. The zero-order chi connectivity index (χ0) is 19.9. The number of nitrogens with zero attached hydrogens (tertiary/aromatic N) is 1. The molecular formula is C21H31NO5. The number of non-ortho nitro benzene ring substituents is 1. The minimum atomic E-state index is -0.623. The van der Waals surface area contributed by atoms with Crippen LogP contribution in [0.1, 0.15) is 76.7 Å². The largest absolute Gasteiger partial charge is 0.515 e. The van der Waals surface area contributed by atoms with Crippen molar-refractivity contribution in [2.45, 2.75) is 71.1 Å². The number of hydrogen-bond donors (Lipinski definition) is 1. The van der Waals surface area contributed by atoms with Gasteiger partial charge < -0.3 is 9.84 Å². The predicted octanol–water partition coefficient (Wildman–Crippen LogP) is 5.96. The number of ether oxygens (including phenoxy) is 1. The van der Waals surface area contributed by atoms with Crippen molar-refractivity contribution in [3.05, 3.63) is 46.2 Å². The van der Waals surface area contributed by atoms with E-state index in [1.807, 2.05) is 0 Å². The van der Waals surface area contributed by atoms with E-state index in [9.17, 15) is 20.0 Å². The summed E-state index contributed by atoms with van der Waals surface area (Å²) in [6, 6.07) is 5.41. The highest BCUT2D eigenvalue weighted by Crippen LogP contribution is 2.20. The number of rotatable bonds is 14. The van der Waals surface area contributed by atoms with E-state index in [1.165, 1.54) is 69.2 Å². The maximum Gasteiger partial charge on any atom is 0.341 e. The van der Waals surface area contributed by atoms with Gasteiger partial charge in [-0.25, -0.2) is 4.79 Å². The summed E-state index contributed by atoms with van der Waals surface area (Å²) in [5.74, 6) is -0.623. The zero-order valence-corrected chi connectivity index (χ0v) is 16.2. The van der Waals surface area contributed by atoms with E-state index < -0.39 is 10.9 Å². The Kier molecular flexibility index (Phi) is 11.6. The molecule has 6 heteroatoms. The molecule has 0 bridgehead atoms. The van der Waals surface area contributed by atoms with E-state index in [0.29, 0.717) is 18.4 Å². The fourth-order valence-electron chi connectivity index (χ4n) is 2.84. The first-order valence-electron chi connectivity index (χ1n) is 9.86. The molecule has 6 nitrogen and oxygen atoms in total. The molecule has 0 aliphatic carbocycles. The SMILES string of the molecule is CCCCCCCCCCCCOC(=O)C(=CO)c1ccc([N+](=O)[O-])cc1. The number of nitro groups is 1. The fourth-order valence-corrected chi connectivity index (χ4v) is 2.84. The van der Waals surface area contributed by atoms with Crippen molar-refractivity contribution >= 4 is 17.2 Å². The van der Waals surface area contributed by atoms with Crippen LogP contribution in [0.15, 0.2) is 30.5 Å². The molecule has 0 atom stereocenters. The van der Waals surface area contributed by atoms with Crippen LogP contribution in [0.4, 0.5) is 5.69 Å². The molecule has 1 aromatic rings. The Bertz CT molecular complexity index is 595. The monoisotopic (exact) mass is 377 g/mol. The molecule has 1 rings (SSSR count). The Labute approximate surface area is 161 Å². The number of aliphatic hydroxyl groups excluding tert-OH is 1. The molecule has 0 saturated carbocycles. The Morgan fingerprint density at radius 3 is 2.00 bits per heavy atom. The second-order valence-electron chi connectivity index (χ2n) is 6.66. The summed E-state index contributed by atoms with van der Waals surface area (Å²) in [7, 11) is 0. The van der Waals surface area contributed by atoms with E-state index in [1.54, 1.807) is 0 Å². The summed E-state index contributed by atoms with van der Waals surface area (Å²) in [6.45, 7) is 2.53. The molecule has 0 aliphatic heterocycles. The van der Waals surface area contributed by atoms with Gasteiger partial charge in [0.25, 0.3) is 5.69 Å². The molecule has 0 spiro atoms. The highest BCUT2D eigenvalue weighted by molar-refractivity contribution is 6.16. The molecule has 150 valence electrons. The lowest BCUT2D eigenvalue weighted by molar-refractivity contribution is -0.384. The normalized spacial score (nSPS) is 11.4. The zero-order valence-electron chi connectivity index (χ0n) is 16.2. The van der Waals surface area contributed by atoms with Crippen LogP contribution in [0.3, 0.4) is 0 Å². The topological polar surface area (TPSA) is 89.7 Å². The summed E-state index contributed by atoms with van der Waals surface area (Å²) >= 11 is 0. The van der Waals surface area contributed by atoms with Gasteiger partial charge in [0, 0.05) is 12.1 Å². The Balaban J connectivity index is 2.20. The Hall–Kier alpha value is -2.37. The Morgan fingerprint density at radius 1 is 1.00 bits per heavy atom. The van der Waals surface area contributed by atoms with Gasteiger partial charge in [-0.15, -0.1) is 0 Å². The van der Waals surface area contributed by atoms with Crippen molar-refractivity contribution in [3.63, 3.8) is 0 Å². The number of carbonyl (C=O) groups is 1. The third-order valence-electron chi connectivity index (χ3n) is 4.47. The van der Waals surface area contributed by atoms with Crippen LogP contribution in [0.5, 0.6) is 0 Å². The first-order valence-corrected chi connectivity index (χ1v) is 9.86. The van der Waals surface area contributed by atoms with E-state index >= 15 is 0 Å². The van der Waals surface area contributed by atoms with Crippen molar-refractivity contribution < 1.29 is 19.6 Å². The van der Waals surface area contributed by atoms with Crippen LogP contribution in [0.2, 0.25) is 0 Å². The lowest BCUT2D eigenvalue weighted by atomic mass is 10.1. The van der Waals surface area contributed by atoms with E-state index in [2.05, 4.69) is 6.92 Å². The number of unbranched alkanes of at least 4 members (excludes halogenated alkanes) is 9. The molecule has 0 saturated heterocycles. The number of carbonyl (C=O) groups excluding carboxylic acids is 1. The number of hydrogen-bond acceptors (Lipinski definition) is 5. The number of benzene rings is 1. The fraction of sp³-hybridized carbons (Fsp3) is 0.571. The molecule has 0 heterocycles. The van der Waals surface area contributed by atoms with Gasteiger partial charge in [-0.1, -0.05) is 64.7 Å². The molecule has 0 unspecified atom stereocenters. The summed E-state index contributed by atoms with van der Waals surface area (Å²) < 4.78 is 5.20. The van der Waals surface area contributed by atoms with Crippen molar-refractivity contribution in [1.29, 1.82) is 0 Å². The maximum atomic E-state index is 12.1. The lowest BCUT2D eigenvalue weighted by Gasteiger charge is -2.08. The summed E-state index contributed by atoms with van der Waals surface area (Å²) in [5, 5.41) is 20.0. The van der Waals surface area contributed by atoms with E-state index in [0.717, 1.165) is 19.3 Å². The van der Waals surface area contributed by atoms with Crippen LogP contribution in [0, 0.1) is 10.1 Å². The van der Waals surface area contributed by atoms with Crippen molar-refractivity contribution in [3.8, 4) is 0 Å². The van der Waals surface area contributed by atoms with E-state index in [4.69, 9.17) is 4.74 Å². The van der Waals surface area contributed by atoms with Crippen LogP contribution >= 0.6 is 0 Å².